The van der Waals surface area contributed by atoms with Crippen molar-refractivity contribution in [3.63, 3.8) is 0 Å². The van der Waals surface area contributed by atoms with Crippen LogP contribution in [0.15, 0.2) is 72.8 Å². The van der Waals surface area contributed by atoms with E-state index < -0.39 is 18.4 Å². The van der Waals surface area contributed by atoms with Crippen LogP contribution in [0.1, 0.15) is 29.0 Å². The van der Waals surface area contributed by atoms with Gasteiger partial charge in [0.1, 0.15) is 23.3 Å². The largest absolute Gasteiger partial charge is 0.497 e. The lowest BCUT2D eigenvalue weighted by atomic mass is 9.85. The average molecular weight is 519 g/mol. The van der Waals surface area contributed by atoms with E-state index in [2.05, 4.69) is 5.32 Å². The molecule has 0 aromatic heterocycles. The molecule has 0 aliphatic carbocycles. The Kier molecular flexibility index (Phi) is 7.76. The number of nitrogens with one attached hydrogen (secondary N) is 1. The lowest BCUT2D eigenvalue weighted by Gasteiger charge is -2.48. The number of amides is 2. The van der Waals surface area contributed by atoms with Gasteiger partial charge in [0.15, 0.2) is 12.9 Å². The Hall–Kier alpha value is -4.08. The highest BCUT2D eigenvalue weighted by Gasteiger charge is 2.50. The second-order valence-corrected chi connectivity index (χ2v) is 8.94. The summed E-state index contributed by atoms with van der Waals surface area (Å²) in [4.78, 5) is 28.0. The summed E-state index contributed by atoms with van der Waals surface area (Å²) < 4.78 is 28.0. The third-order valence-corrected chi connectivity index (χ3v) is 6.66. The van der Waals surface area contributed by atoms with Crippen LogP contribution < -0.4 is 19.5 Å². The molecule has 2 saturated heterocycles. The number of rotatable bonds is 10. The number of ether oxygens (including phenoxy) is 5. The predicted molar refractivity (Wildman–Crippen MR) is 138 cm³/mol. The minimum absolute atomic E-state index is 0.205. The van der Waals surface area contributed by atoms with Crippen LogP contribution in [0.4, 0.5) is 0 Å². The quantitative estimate of drug-likeness (QED) is 0.411. The SMILES string of the molecule is COc1ccc(CN2C(=O)[C@H](NC(=O)COc3ccccc3)[C@@H]2c2ccccc2C2OCCO2)c(OC)c1. The summed E-state index contributed by atoms with van der Waals surface area (Å²) in [6, 6.07) is 21.0. The Bertz CT molecular complexity index is 1280. The molecule has 3 aromatic rings. The van der Waals surface area contributed by atoms with Crippen molar-refractivity contribution in [3.05, 3.63) is 89.5 Å². The first kappa shape index (κ1) is 25.6. The minimum atomic E-state index is -0.770. The summed E-state index contributed by atoms with van der Waals surface area (Å²) in [5.74, 6) is 1.25. The summed E-state index contributed by atoms with van der Waals surface area (Å²) >= 11 is 0. The van der Waals surface area contributed by atoms with Crippen molar-refractivity contribution in [1.82, 2.24) is 10.2 Å². The molecular weight excluding hydrogens is 488 g/mol. The maximum Gasteiger partial charge on any atom is 0.258 e. The van der Waals surface area contributed by atoms with E-state index in [-0.39, 0.29) is 25.0 Å². The summed E-state index contributed by atoms with van der Waals surface area (Å²) in [5.41, 5.74) is 2.49. The molecule has 2 fully saturated rings. The fraction of sp³-hybridized carbons (Fsp3) is 0.310. The first-order valence-electron chi connectivity index (χ1n) is 12.4. The van der Waals surface area contributed by atoms with Gasteiger partial charge in [0.25, 0.3) is 5.91 Å². The van der Waals surface area contributed by atoms with Crippen LogP contribution in [-0.4, -0.2) is 56.8 Å². The Morgan fingerprint density at radius 3 is 2.34 bits per heavy atom. The number of para-hydroxylation sites is 1. The summed E-state index contributed by atoms with van der Waals surface area (Å²) in [7, 11) is 3.16. The predicted octanol–water partition coefficient (Wildman–Crippen LogP) is 3.40. The van der Waals surface area contributed by atoms with Gasteiger partial charge >= 0.3 is 0 Å². The Labute approximate surface area is 221 Å². The molecular formula is C29H30N2O7. The van der Waals surface area contributed by atoms with Gasteiger partial charge in [-0.3, -0.25) is 9.59 Å². The lowest BCUT2D eigenvalue weighted by molar-refractivity contribution is -0.155. The first-order valence-corrected chi connectivity index (χ1v) is 12.4. The van der Waals surface area contributed by atoms with Crippen LogP contribution >= 0.6 is 0 Å². The monoisotopic (exact) mass is 518 g/mol. The third kappa shape index (κ3) is 5.29. The van der Waals surface area contributed by atoms with E-state index in [0.29, 0.717) is 30.5 Å². The Morgan fingerprint density at radius 1 is 0.921 bits per heavy atom. The van der Waals surface area contributed by atoms with E-state index in [1.165, 1.54) is 0 Å². The molecule has 0 unspecified atom stereocenters. The van der Waals surface area contributed by atoms with Gasteiger partial charge in [-0.2, -0.15) is 0 Å². The fourth-order valence-electron chi connectivity index (χ4n) is 4.79. The van der Waals surface area contributed by atoms with Gasteiger partial charge in [-0.05, 0) is 29.8 Å². The summed E-state index contributed by atoms with van der Waals surface area (Å²) in [6.07, 6.45) is -0.531. The topological polar surface area (TPSA) is 95.6 Å². The normalized spacial score (nSPS) is 19.1. The molecule has 2 aliphatic rings. The van der Waals surface area contributed by atoms with E-state index in [4.69, 9.17) is 23.7 Å². The molecule has 9 nitrogen and oxygen atoms in total. The van der Waals surface area contributed by atoms with Gasteiger partial charge in [0.05, 0.1) is 40.0 Å². The number of hydrogen-bond acceptors (Lipinski definition) is 7. The molecule has 2 heterocycles. The number of carbonyl (C=O) groups excluding carboxylic acids is 2. The molecule has 2 aliphatic heterocycles. The standard InChI is InChI=1S/C29H30N2O7/c1-34-21-13-12-19(24(16-21)35-2)17-31-27(22-10-6-7-11-23(22)29-36-14-15-37-29)26(28(31)33)30-25(32)18-38-20-8-4-3-5-9-20/h3-13,16,26-27,29H,14-15,17-18H2,1-2H3,(H,30,32)/t26-,27+/m1/s1. The fourth-order valence-corrected chi connectivity index (χ4v) is 4.79. The second kappa shape index (κ2) is 11.5. The van der Waals surface area contributed by atoms with Gasteiger partial charge in [0, 0.05) is 17.2 Å². The van der Waals surface area contributed by atoms with Crippen molar-refractivity contribution in [2.45, 2.75) is 24.9 Å². The second-order valence-electron chi connectivity index (χ2n) is 8.94. The third-order valence-electron chi connectivity index (χ3n) is 6.66. The molecule has 3 aromatic carbocycles. The first-order chi connectivity index (χ1) is 18.6. The number of likely N-dealkylation sites (tertiary alicyclic amines) is 1. The molecule has 0 spiro atoms. The Morgan fingerprint density at radius 2 is 1.63 bits per heavy atom. The average Bonchev–Trinajstić information content (AvgIpc) is 3.51. The summed E-state index contributed by atoms with van der Waals surface area (Å²) in [6.45, 7) is 1.06. The zero-order chi connectivity index (χ0) is 26.5. The van der Waals surface area contributed by atoms with E-state index in [1.54, 1.807) is 37.3 Å². The zero-order valence-corrected chi connectivity index (χ0v) is 21.3. The smallest absolute Gasteiger partial charge is 0.258 e. The molecule has 0 bridgehead atoms. The highest BCUT2D eigenvalue weighted by Crippen LogP contribution is 2.42. The molecule has 5 rings (SSSR count). The van der Waals surface area contributed by atoms with Crippen LogP contribution in [0.25, 0.3) is 0 Å². The van der Waals surface area contributed by atoms with Crippen molar-refractivity contribution in [3.8, 4) is 17.2 Å². The number of nitrogens with zero attached hydrogens (tertiary/aromatic N) is 1. The molecule has 38 heavy (non-hydrogen) atoms. The number of β-lactam (4-membered cyclic amide) rings is 1. The molecule has 0 radical (unpaired) electrons. The summed E-state index contributed by atoms with van der Waals surface area (Å²) in [5, 5.41) is 2.88. The molecule has 0 saturated carbocycles. The van der Waals surface area contributed by atoms with Gasteiger partial charge in [-0.25, -0.2) is 0 Å². The molecule has 9 heteroatoms. The Balaban J connectivity index is 1.40. The van der Waals surface area contributed by atoms with Gasteiger partial charge < -0.3 is 33.9 Å². The van der Waals surface area contributed by atoms with Crippen molar-refractivity contribution in [2.75, 3.05) is 34.0 Å². The van der Waals surface area contributed by atoms with E-state index in [9.17, 15) is 9.59 Å². The molecule has 198 valence electrons. The van der Waals surface area contributed by atoms with Crippen molar-refractivity contribution < 1.29 is 33.3 Å². The zero-order valence-electron chi connectivity index (χ0n) is 21.3. The minimum Gasteiger partial charge on any atom is -0.497 e. The van der Waals surface area contributed by atoms with Gasteiger partial charge in [-0.1, -0.05) is 42.5 Å². The van der Waals surface area contributed by atoms with Crippen LogP contribution in [0.2, 0.25) is 0 Å². The van der Waals surface area contributed by atoms with Crippen molar-refractivity contribution >= 4 is 11.8 Å². The lowest BCUT2D eigenvalue weighted by Crippen LogP contribution is -2.65. The van der Waals surface area contributed by atoms with Crippen LogP contribution in [-0.2, 0) is 25.6 Å². The molecule has 2 atom stereocenters. The number of methoxy groups -OCH3 is 2. The number of hydrogen-bond donors (Lipinski definition) is 1. The van der Waals surface area contributed by atoms with E-state index in [1.807, 2.05) is 54.6 Å². The van der Waals surface area contributed by atoms with Crippen LogP contribution in [0.3, 0.4) is 0 Å². The van der Waals surface area contributed by atoms with Crippen LogP contribution in [0.5, 0.6) is 17.2 Å². The van der Waals surface area contributed by atoms with Crippen molar-refractivity contribution in [2.24, 2.45) is 0 Å². The van der Waals surface area contributed by atoms with Crippen LogP contribution in [0, 0.1) is 0 Å². The maximum atomic E-state index is 13.5. The van der Waals surface area contributed by atoms with Gasteiger partial charge in [-0.15, -0.1) is 0 Å². The highest BCUT2D eigenvalue weighted by molar-refractivity contribution is 5.94. The number of carbonyl (C=O) groups is 2. The van der Waals surface area contributed by atoms with E-state index >= 15 is 0 Å². The molecule has 2 amide bonds. The number of benzene rings is 3. The van der Waals surface area contributed by atoms with Gasteiger partial charge in [0.2, 0.25) is 5.91 Å². The van der Waals surface area contributed by atoms with Crippen molar-refractivity contribution in [1.29, 1.82) is 0 Å². The molecule has 1 N–H and O–H groups in total. The maximum absolute atomic E-state index is 13.5. The van der Waals surface area contributed by atoms with E-state index in [0.717, 1.165) is 16.7 Å². The highest BCUT2D eigenvalue weighted by atomic mass is 16.7.